The molecule has 2 amide bonds. The summed E-state index contributed by atoms with van der Waals surface area (Å²) in [6.45, 7) is 0. The number of hydrogen-bond donors (Lipinski definition) is 1. The number of hydrogen-bond acceptors (Lipinski definition) is 4. The van der Waals surface area contributed by atoms with Gasteiger partial charge in [0.25, 0.3) is 0 Å². The Morgan fingerprint density at radius 1 is 1.40 bits per heavy atom. The molecular weight excluding hydrogens is 258 g/mol. The third-order valence-corrected chi connectivity index (χ3v) is 3.66. The second-order valence-electron chi connectivity index (χ2n) is 4.91. The first-order valence-electron chi connectivity index (χ1n) is 6.35. The zero-order valence-electron chi connectivity index (χ0n) is 10.9. The maximum absolute atomic E-state index is 11.9. The van der Waals surface area contributed by atoms with Gasteiger partial charge in [0.05, 0.1) is 11.4 Å². The van der Waals surface area contributed by atoms with Crippen molar-refractivity contribution in [2.75, 3.05) is 0 Å². The van der Waals surface area contributed by atoms with Gasteiger partial charge in [0, 0.05) is 18.9 Å². The van der Waals surface area contributed by atoms with Crippen LogP contribution in [-0.2, 0) is 16.6 Å². The molecule has 0 bridgehead atoms. The zero-order chi connectivity index (χ0) is 14.3. The maximum atomic E-state index is 11.9. The van der Waals surface area contributed by atoms with E-state index in [-0.39, 0.29) is 17.7 Å². The molecule has 1 aliphatic heterocycles. The molecule has 1 saturated heterocycles. The molecule has 0 saturated carbocycles. The highest BCUT2D eigenvalue weighted by atomic mass is 16.2. The summed E-state index contributed by atoms with van der Waals surface area (Å²) in [6.07, 6.45) is 1.61. The van der Waals surface area contributed by atoms with Crippen LogP contribution in [0.1, 0.15) is 34.8 Å². The van der Waals surface area contributed by atoms with E-state index in [4.69, 9.17) is 0 Å². The Kier molecular flexibility index (Phi) is 2.85. The lowest BCUT2D eigenvalue weighted by Gasteiger charge is -2.20. The molecule has 1 fully saturated rings. The molecule has 1 aromatic heterocycles. The average molecular weight is 271 g/mol. The summed E-state index contributed by atoms with van der Waals surface area (Å²) < 4.78 is 1.52. The van der Waals surface area contributed by atoms with Crippen molar-refractivity contribution in [1.29, 1.82) is 0 Å². The van der Waals surface area contributed by atoms with Crippen molar-refractivity contribution in [2.24, 2.45) is 7.05 Å². The molecule has 1 aromatic carbocycles. The second-order valence-corrected chi connectivity index (χ2v) is 4.91. The highest BCUT2D eigenvalue weighted by Crippen LogP contribution is 2.28. The minimum Gasteiger partial charge on any atom is -0.296 e. The van der Waals surface area contributed by atoms with E-state index in [9.17, 15) is 14.4 Å². The van der Waals surface area contributed by atoms with Gasteiger partial charge < -0.3 is 0 Å². The van der Waals surface area contributed by atoms with Crippen molar-refractivity contribution in [1.82, 2.24) is 15.1 Å². The molecule has 6 heteroatoms. The molecule has 0 aliphatic carbocycles. The van der Waals surface area contributed by atoms with E-state index in [1.165, 1.54) is 4.68 Å². The number of fused-ring (bicyclic) bond motifs is 1. The van der Waals surface area contributed by atoms with E-state index in [0.29, 0.717) is 24.1 Å². The molecular formula is C14H13N3O3. The first-order chi connectivity index (χ1) is 9.60. The Morgan fingerprint density at radius 3 is 2.90 bits per heavy atom. The second kappa shape index (κ2) is 4.56. The molecule has 1 atom stereocenters. The predicted octanol–water partition coefficient (Wildman–Crippen LogP) is 0.906. The average Bonchev–Trinajstić information content (AvgIpc) is 2.72. The van der Waals surface area contributed by atoms with Crippen LogP contribution < -0.4 is 5.32 Å². The summed E-state index contributed by atoms with van der Waals surface area (Å²) in [7, 11) is 1.70. The molecule has 0 radical (unpaired) electrons. The molecule has 6 nitrogen and oxygen atoms in total. The normalized spacial score (nSPS) is 19.1. The van der Waals surface area contributed by atoms with Crippen LogP contribution in [-0.4, -0.2) is 27.9 Å². The Bertz CT molecular complexity index is 733. The summed E-state index contributed by atoms with van der Waals surface area (Å²) in [4.78, 5) is 34.0. The summed E-state index contributed by atoms with van der Waals surface area (Å²) in [6, 6.07) is 5.42. The van der Waals surface area contributed by atoms with E-state index < -0.39 is 0 Å². The van der Waals surface area contributed by atoms with Crippen molar-refractivity contribution >= 4 is 29.0 Å². The van der Waals surface area contributed by atoms with Crippen LogP contribution in [0, 0.1) is 0 Å². The van der Waals surface area contributed by atoms with Crippen molar-refractivity contribution in [2.45, 2.75) is 18.8 Å². The molecule has 2 heterocycles. The fraction of sp³-hybridized carbons (Fsp3) is 0.286. The van der Waals surface area contributed by atoms with E-state index in [1.807, 2.05) is 12.1 Å². The van der Waals surface area contributed by atoms with E-state index >= 15 is 0 Å². The van der Waals surface area contributed by atoms with E-state index in [2.05, 4.69) is 10.4 Å². The predicted molar refractivity (Wildman–Crippen MR) is 71.2 cm³/mol. The highest BCUT2D eigenvalue weighted by molar-refractivity contribution is 6.01. The van der Waals surface area contributed by atoms with Crippen molar-refractivity contribution in [3.05, 3.63) is 29.5 Å². The van der Waals surface area contributed by atoms with Crippen molar-refractivity contribution in [3.63, 3.8) is 0 Å². The Hall–Kier alpha value is -2.50. The zero-order valence-corrected chi connectivity index (χ0v) is 10.9. The van der Waals surface area contributed by atoms with Gasteiger partial charge in [-0.3, -0.25) is 24.4 Å². The van der Waals surface area contributed by atoms with Gasteiger partial charge in [0.15, 0.2) is 6.29 Å². The largest absolute Gasteiger partial charge is 0.296 e. The fourth-order valence-electron chi connectivity index (χ4n) is 2.61. The minimum absolute atomic E-state index is 0.228. The first kappa shape index (κ1) is 12.5. The molecule has 102 valence electrons. The Morgan fingerprint density at radius 2 is 2.20 bits per heavy atom. The number of piperidine rings is 1. The first-order valence-corrected chi connectivity index (χ1v) is 6.35. The van der Waals surface area contributed by atoms with Crippen LogP contribution in [0.3, 0.4) is 0 Å². The SMILES string of the molecule is Cn1nc2cc(C3CCC(=O)NC3=O)ccc2c1C=O. The topological polar surface area (TPSA) is 81.1 Å². The summed E-state index contributed by atoms with van der Waals surface area (Å²) in [5, 5.41) is 7.37. The summed E-state index contributed by atoms with van der Waals surface area (Å²) in [5.74, 6) is -0.834. The fourth-order valence-corrected chi connectivity index (χ4v) is 2.61. The van der Waals surface area contributed by atoms with Crippen LogP contribution in [0.2, 0.25) is 0 Å². The Balaban J connectivity index is 2.03. The number of nitrogens with one attached hydrogen (secondary N) is 1. The Labute approximate surface area is 114 Å². The molecule has 0 spiro atoms. The molecule has 3 rings (SSSR count). The van der Waals surface area contributed by atoms with Crippen LogP contribution in [0.4, 0.5) is 0 Å². The summed E-state index contributed by atoms with van der Waals surface area (Å²) in [5.41, 5.74) is 2.00. The van der Waals surface area contributed by atoms with Gasteiger partial charge in [-0.15, -0.1) is 0 Å². The third kappa shape index (κ3) is 1.89. The number of benzene rings is 1. The quantitative estimate of drug-likeness (QED) is 0.650. The lowest BCUT2D eigenvalue weighted by Crippen LogP contribution is -2.39. The molecule has 2 aromatic rings. The van der Waals surface area contributed by atoms with Gasteiger partial charge in [-0.05, 0) is 18.1 Å². The van der Waals surface area contributed by atoms with Crippen molar-refractivity contribution in [3.8, 4) is 0 Å². The molecule has 1 unspecified atom stereocenters. The molecule has 1 N–H and O–H groups in total. The molecule has 1 aliphatic rings. The van der Waals surface area contributed by atoms with Gasteiger partial charge in [0.1, 0.15) is 5.69 Å². The van der Waals surface area contributed by atoms with Gasteiger partial charge in [-0.2, -0.15) is 5.10 Å². The number of rotatable bonds is 2. The standard InChI is InChI=1S/C14H13N3O3/c1-17-12(7-18)10-3-2-8(6-11(10)16-17)9-4-5-13(19)15-14(9)20/h2-3,6-7,9H,4-5H2,1H3,(H,15,19,20). The lowest BCUT2D eigenvalue weighted by molar-refractivity contribution is -0.134. The highest BCUT2D eigenvalue weighted by Gasteiger charge is 2.28. The van der Waals surface area contributed by atoms with Gasteiger partial charge in [-0.1, -0.05) is 12.1 Å². The number of carbonyl (C=O) groups excluding carboxylic acids is 3. The van der Waals surface area contributed by atoms with Gasteiger partial charge >= 0.3 is 0 Å². The monoisotopic (exact) mass is 271 g/mol. The number of aromatic nitrogens is 2. The number of aryl methyl sites for hydroxylation is 1. The maximum Gasteiger partial charge on any atom is 0.234 e. The third-order valence-electron chi connectivity index (χ3n) is 3.66. The van der Waals surface area contributed by atoms with Gasteiger partial charge in [0.2, 0.25) is 11.8 Å². The number of amides is 2. The summed E-state index contributed by atoms with van der Waals surface area (Å²) >= 11 is 0. The van der Waals surface area contributed by atoms with Crippen molar-refractivity contribution < 1.29 is 14.4 Å². The number of nitrogens with zero attached hydrogens (tertiary/aromatic N) is 2. The van der Waals surface area contributed by atoms with Crippen LogP contribution in [0.25, 0.3) is 10.9 Å². The number of aldehydes is 1. The van der Waals surface area contributed by atoms with Crippen LogP contribution >= 0.6 is 0 Å². The minimum atomic E-state index is -0.334. The van der Waals surface area contributed by atoms with Crippen LogP contribution in [0.15, 0.2) is 18.2 Å². The lowest BCUT2D eigenvalue weighted by atomic mass is 9.90. The molecule has 20 heavy (non-hydrogen) atoms. The smallest absolute Gasteiger partial charge is 0.234 e. The number of carbonyl (C=O) groups is 3. The number of imide groups is 1. The van der Waals surface area contributed by atoms with Gasteiger partial charge in [-0.25, -0.2) is 0 Å². The van der Waals surface area contributed by atoms with Crippen LogP contribution in [0.5, 0.6) is 0 Å². The van der Waals surface area contributed by atoms with E-state index in [0.717, 1.165) is 17.2 Å². The van der Waals surface area contributed by atoms with E-state index in [1.54, 1.807) is 13.1 Å².